The maximum atomic E-state index is 12.3. The second kappa shape index (κ2) is 5.90. The molecule has 2 N–H and O–H groups in total. The molecular formula is C16H16N2O3S. The monoisotopic (exact) mass is 316 g/mol. The Morgan fingerprint density at radius 2 is 1.73 bits per heavy atom. The summed E-state index contributed by atoms with van der Waals surface area (Å²) < 4.78 is 27.1. The molecule has 5 nitrogen and oxygen atoms in total. The van der Waals surface area contributed by atoms with Crippen molar-refractivity contribution in [2.45, 2.75) is 10.8 Å². The van der Waals surface area contributed by atoms with E-state index in [2.05, 4.69) is 10.0 Å². The summed E-state index contributed by atoms with van der Waals surface area (Å²) in [7, 11) is -3.54. The predicted octanol–water partition coefficient (Wildman–Crippen LogP) is 1.49. The number of hydrogen-bond donors (Lipinski definition) is 2. The van der Waals surface area contributed by atoms with Crippen LogP contribution in [-0.4, -0.2) is 27.4 Å². The highest BCUT2D eigenvalue weighted by molar-refractivity contribution is 7.89. The van der Waals surface area contributed by atoms with E-state index < -0.39 is 10.0 Å². The van der Waals surface area contributed by atoms with Crippen LogP contribution in [0, 0.1) is 0 Å². The highest BCUT2D eigenvalue weighted by atomic mass is 32.2. The average Bonchev–Trinajstić information content (AvgIpc) is 2.55. The fraction of sp³-hybridized carbons (Fsp3) is 0.188. The fourth-order valence-electron chi connectivity index (χ4n) is 2.56. The predicted molar refractivity (Wildman–Crippen MR) is 83.1 cm³/mol. The number of benzene rings is 2. The van der Waals surface area contributed by atoms with Crippen LogP contribution >= 0.6 is 0 Å². The van der Waals surface area contributed by atoms with Crippen LogP contribution < -0.4 is 10.0 Å². The minimum atomic E-state index is -3.54. The standard InChI is InChI=1S/C16H16N2O3S/c19-16-15-9-5-4-8-14(15)12(10-17-16)11-18-22(20,21)13-6-2-1-3-7-13/h1-9,12,18H,10-11H2,(H,17,19). The van der Waals surface area contributed by atoms with Crippen LogP contribution in [0.1, 0.15) is 21.8 Å². The van der Waals surface area contributed by atoms with E-state index in [0.29, 0.717) is 12.1 Å². The van der Waals surface area contributed by atoms with Crippen LogP contribution in [0.2, 0.25) is 0 Å². The average molecular weight is 316 g/mol. The van der Waals surface area contributed by atoms with E-state index in [1.807, 2.05) is 12.1 Å². The van der Waals surface area contributed by atoms with Gasteiger partial charge >= 0.3 is 0 Å². The van der Waals surface area contributed by atoms with E-state index >= 15 is 0 Å². The summed E-state index contributed by atoms with van der Waals surface area (Å²) in [4.78, 5) is 12.0. The van der Waals surface area contributed by atoms with Gasteiger partial charge in [0, 0.05) is 24.6 Å². The number of amides is 1. The van der Waals surface area contributed by atoms with Gasteiger partial charge in [-0.15, -0.1) is 0 Å². The molecule has 0 fully saturated rings. The zero-order valence-electron chi connectivity index (χ0n) is 11.8. The molecule has 2 aromatic rings. The first kappa shape index (κ1) is 14.7. The van der Waals surface area contributed by atoms with Gasteiger partial charge in [-0.05, 0) is 23.8 Å². The quantitative estimate of drug-likeness (QED) is 0.897. The number of fused-ring (bicyclic) bond motifs is 1. The van der Waals surface area contributed by atoms with Crippen molar-refractivity contribution in [3.63, 3.8) is 0 Å². The van der Waals surface area contributed by atoms with E-state index in [-0.39, 0.29) is 23.3 Å². The van der Waals surface area contributed by atoms with Crippen LogP contribution in [-0.2, 0) is 10.0 Å². The van der Waals surface area contributed by atoms with Crippen molar-refractivity contribution in [3.05, 3.63) is 65.7 Å². The van der Waals surface area contributed by atoms with Crippen LogP contribution in [0.25, 0.3) is 0 Å². The van der Waals surface area contributed by atoms with E-state index in [1.54, 1.807) is 42.5 Å². The second-order valence-electron chi connectivity index (χ2n) is 5.16. The maximum absolute atomic E-state index is 12.3. The second-order valence-corrected chi connectivity index (χ2v) is 6.93. The molecule has 1 aliphatic heterocycles. The molecule has 0 saturated carbocycles. The SMILES string of the molecule is O=C1NCC(CNS(=O)(=O)c2ccccc2)c2ccccc21. The topological polar surface area (TPSA) is 75.3 Å². The Bertz CT molecular complexity index is 788. The van der Waals surface area contributed by atoms with Gasteiger partial charge in [0.15, 0.2) is 0 Å². The Labute approximate surface area is 129 Å². The van der Waals surface area contributed by atoms with Crippen LogP contribution in [0.4, 0.5) is 0 Å². The summed E-state index contributed by atoms with van der Waals surface area (Å²) in [5.74, 6) is -0.190. The molecule has 114 valence electrons. The van der Waals surface area contributed by atoms with Crippen molar-refractivity contribution in [2.24, 2.45) is 0 Å². The number of carbonyl (C=O) groups is 1. The third-order valence-corrected chi connectivity index (χ3v) is 5.17. The van der Waals surface area contributed by atoms with Gasteiger partial charge in [-0.3, -0.25) is 4.79 Å². The fourth-order valence-corrected chi connectivity index (χ4v) is 3.66. The number of hydrogen-bond acceptors (Lipinski definition) is 3. The Kier molecular flexibility index (Phi) is 3.96. The molecule has 1 heterocycles. The minimum absolute atomic E-state index is 0.0765. The molecule has 1 aliphatic rings. The maximum Gasteiger partial charge on any atom is 0.251 e. The van der Waals surface area contributed by atoms with E-state index in [0.717, 1.165) is 5.56 Å². The molecule has 2 aromatic carbocycles. The van der Waals surface area contributed by atoms with Gasteiger partial charge in [-0.2, -0.15) is 0 Å². The lowest BCUT2D eigenvalue weighted by atomic mass is 9.91. The number of rotatable bonds is 4. The molecule has 0 radical (unpaired) electrons. The smallest absolute Gasteiger partial charge is 0.251 e. The number of nitrogens with one attached hydrogen (secondary N) is 2. The lowest BCUT2D eigenvalue weighted by molar-refractivity contribution is 0.0940. The van der Waals surface area contributed by atoms with Crippen LogP contribution in [0.15, 0.2) is 59.5 Å². The largest absolute Gasteiger partial charge is 0.351 e. The van der Waals surface area contributed by atoms with Crippen molar-refractivity contribution in [1.29, 1.82) is 0 Å². The number of carbonyl (C=O) groups excluding carboxylic acids is 1. The molecule has 0 bridgehead atoms. The van der Waals surface area contributed by atoms with Crippen LogP contribution in [0.3, 0.4) is 0 Å². The minimum Gasteiger partial charge on any atom is -0.351 e. The van der Waals surface area contributed by atoms with Crippen molar-refractivity contribution in [2.75, 3.05) is 13.1 Å². The third kappa shape index (κ3) is 2.88. The molecule has 6 heteroatoms. The van der Waals surface area contributed by atoms with Crippen LogP contribution in [0.5, 0.6) is 0 Å². The zero-order chi connectivity index (χ0) is 15.6. The molecular weight excluding hydrogens is 300 g/mol. The Balaban J connectivity index is 1.78. The van der Waals surface area contributed by atoms with E-state index in [9.17, 15) is 13.2 Å². The molecule has 22 heavy (non-hydrogen) atoms. The lowest BCUT2D eigenvalue weighted by Gasteiger charge is -2.25. The summed E-state index contributed by atoms with van der Waals surface area (Å²) >= 11 is 0. The molecule has 3 rings (SSSR count). The van der Waals surface area contributed by atoms with Gasteiger partial charge in [0.2, 0.25) is 10.0 Å². The summed E-state index contributed by atoms with van der Waals surface area (Å²) in [5, 5.41) is 2.79. The third-order valence-electron chi connectivity index (χ3n) is 3.73. The van der Waals surface area contributed by atoms with Gasteiger partial charge in [0.25, 0.3) is 5.91 Å². The van der Waals surface area contributed by atoms with Gasteiger partial charge in [-0.1, -0.05) is 36.4 Å². The zero-order valence-corrected chi connectivity index (χ0v) is 12.6. The van der Waals surface area contributed by atoms with Crippen molar-refractivity contribution < 1.29 is 13.2 Å². The first-order valence-electron chi connectivity index (χ1n) is 7.00. The Morgan fingerprint density at radius 3 is 2.50 bits per heavy atom. The first-order valence-corrected chi connectivity index (χ1v) is 8.48. The molecule has 0 aliphatic carbocycles. The molecule has 0 aromatic heterocycles. The number of sulfonamides is 1. The lowest BCUT2D eigenvalue weighted by Crippen LogP contribution is -2.40. The molecule has 1 amide bonds. The van der Waals surface area contributed by atoms with Crippen molar-refractivity contribution >= 4 is 15.9 Å². The molecule has 1 atom stereocenters. The van der Waals surface area contributed by atoms with E-state index in [1.165, 1.54) is 0 Å². The Hall–Kier alpha value is -2.18. The van der Waals surface area contributed by atoms with Gasteiger partial charge in [0.1, 0.15) is 0 Å². The first-order chi connectivity index (χ1) is 10.6. The van der Waals surface area contributed by atoms with Crippen molar-refractivity contribution in [3.8, 4) is 0 Å². The normalized spacial score (nSPS) is 17.6. The summed E-state index contributed by atoms with van der Waals surface area (Å²) in [6.07, 6.45) is 0. The van der Waals surface area contributed by atoms with Gasteiger partial charge in [-0.25, -0.2) is 13.1 Å². The molecule has 0 spiro atoms. The molecule has 0 saturated heterocycles. The summed E-state index contributed by atoms with van der Waals surface area (Å²) in [5.41, 5.74) is 1.49. The summed E-state index contributed by atoms with van der Waals surface area (Å²) in [6.45, 7) is 0.668. The van der Waals surface area contributed by atoms with Crippen molar-refractivity contribution in [1.82, 2.24) is 10.0 Å². The van der Waals surface area contributed by atoms with E-state index in [4.69, 9.17) is 0 Å². The highest BCUT2D eigenvalue weighted by Gasteiger charge is 2.26. The van der Waals surface area contributed by atoms with Gasteiger partial charge < -0.3 is 5.32 Å². The summed E-state index contributed by atoms with van der Waals surface area (Å²) in [6, 6.07) is 15.5. The highest BCUT2D eigenvalue weighted by Crippen LogP contribution is 2.23. The van der Waals surface area contributed by atoms with Gasteiger partial charge in [0.05, 0.1) is 4.90 Å². The molecule has 1 unspecified atom stereocenters. The Morgan fingerprint density at radius 1 is 1.05 bits per heavy atom.